The Hall–Kier alpha value is -3.36. The number of ether oxygens (including phenoxy) is 1. The first kappa shape index (κ1) is 23.3. The third kappa shape index (κ3) is 6.57. The maximum atomic E-state index is 12.6. The van der Waals surface area contributed by atoms with Gasteiger partial charge in [0.25, 0.3) is 0 Å². The van der Waals surface area contributed by atoms with Crippen molar-refractivity contribution in [2.24, 2.45) is 0 Å². The van der Waals surface area contributed by atoms with E-state index in [2.05, 4.69) is 16.0 Å². The van der Waals surface area contributed by atoms with Crippen molar-refractivity contribution in [3.05, 3.63) is 84.4 Å². The summed E-state index contributed by atoms with van der Waals surface area (Å²) >= 11 is 6.76. The Morgan fingerprint density at radius 3 is 2.09 bits per heavy atom. The number of amides is 1. The molecule has 0 aromatic heterocycles. The number of carbonyl (C=O) groups is 2. The lowest BCUT2D eigenvalue weighted by Gasteiger charge is -2.14. The SMILES string of the molecule is COC(=O)c1ccccc1NC(=O)C(C)Sc1ccc(NC(=S)Nc2ccccc2)cc1. The van der Waals surface area contributed by atoms with E-state index in [-0.39, 0.29) is 11.2 Å². The van der Waals surface area contributed by atoms with Crippen LogP contribution in [0, 0.1) is 0 Å². The second-order valence-corrected chi connectivity index (χ2v) is 8.58. The molecule has 3 aromatic carbocycles. The largest absolute Gasteiger partial charge is 0.465 e. The monoisotopic (exact) mass is 465 g/mol. The average Bonchev–Trinajstić information content (AvgIpc) is 2.80. The molecule has 3 aromatic rings. The molecule has 3 rings (SSSR count). The van der Waals surface area contributed by atoms with Crippen LogP contribution in [0.1, 0.15) is 17.3 Å². The summed E-state index contributed by atoms with van der Waals surface area (Å²) < 4.78 is 4.77. The number of anilines is 3. The first-order chi connectivity index (χ1) is 15.5. The van der Waals surface area contributed by atoms with Crippen molar-refractivity contribution in [3.8, 4) is 0 Å². The highest BCUT2D eigenvalue weighted by molar-refractivity contribution is 8.00. The van der Waals surface area contributed by atoms with Crippen molar-refractivity contribution in [3.63, 3.8) is 0 Å². The van der Waals surface area contributed by atoms with Gasteiger partial charge in [-0.05, 0) is 67.7 Å². The third-order valence-electron chi connectivity index (χ3n) is 4.42. The van der Waals surface area contributed by atoms with E-state index >= 15 is 0 Å². The summed E-state index contributed by atoms with van der Waals surface area (Å²) in [5.41, 5.74) is 2.49. The summed E-state index contributed by atoms with van der Waals surface area (Å²) in [6.07, 6.45) is 0. The van der Waals surface area contributed by atoms with E-state index in [9.17, 15) is 9.59 Å². The number of esters is 1. The molecule has 0 heterocycles. The van der Waals surface area contributed by atoms with E-state index in [1.807, 2.05) is 61.5 Å². The molecule has 8 heteroatoms. The minimum atomic E-state index is -0.496. The second kappa shape index (κ2) is 11.3. The zero-order chi connectivity index (χ0) is 22.9. The predicted molar refractivity (Wildman–Crippen MR) is 134 cm³/mol. The van der Waals surface area contributed by atoms with Gasteiger partial charge in [0.15, 0.2) is 5.11 Å². The fraction of sp³-hybridized carbons (Fsp3) is 0.125. The number of hydrogen-bond donors (Lipinski definition) is 3. The predicted octanol–water partition coefficient (Wildman–Crippen LogP) is 5.40. The molecule has 0 saturated heterocycles. The van der Waals surface area contributed by atoms with Crippen LogP contribution in [0.15, 0.2) is 83.8 Å². The zero-order valence-corrected chi connectivity index (χ0v) is 19.3. The number of nitrogens with one attached hydrogen (secondary N) is 3. The van der Waals surface area contributed by atoms with E-state index in [1.165, 1.54) is 18.9 Å². The van der Waals surface area contributed by atoms with Crippen molar-refractivity contribution in [1.82, 2.24) is 0 Å². The summed E-state index contributed by atoms with van der Waals surface area (Å²) in [7, 11) is 1.31. The molecule has 1 unspecified atom stereocenters. The number of para-hydroxylation sites is 2. The molecule has 0 spiro atoms. The molecular weight excluding hydrogens is 442 g/mol. The van der Waals surface area contributed by atoms with E-state index in [0.29, 0.717) is 16.4 Å². The molecule has 6 nitrogen and oxygen atoms in total. The summed E-state index contributed by atoms with van der Waals surface area (Å²) in [5.74, 6) is -0.703. The highest BCUT2D eigenvalue weighted by atomic mass is 32.2. The minimum Gasteiger partial charge on any atom is -0.465 e. The zero-order valence-electron chi connectivity index (χ0n) is 17.6. The number of thiocarbonyl (C=S) groups is 1. The van der Waals surface area contributed by atoms with E-state index in [1.54, 1.807) is 24.3 Å². The fourth-order valence-corrected chi connectivity index (χ4v) is 3.91. The molecule has 0 fully saturated rings. The van der Waals surface area contributed by atoms with Gasteiger partial charge in [-0.25, -0.2) is 4.79 Å². The van der Waals surface area contributed by atoms with Crippen LogP contribution in [0.3, 0.4) is 0 Å². The fourth-order valence-electron chi connectivity index (χ4n) is 2.80. The first-order valence-corrected chi connectivity index (χ1v) is 11.1. The molecule has 0 radical (unpaired) electrons. The number of hydrogen-bond acceptors (Lipinski definition) is 5. The van der Waals surface area contributed by atoms with Crippen LogP contribution < -0.4 is 16.0 Å². The molecule has 0 aliphatic carbocycles. The molecule has 32 heavy (non-hydrogen) atoms. The smallest absolute Gasteiger partial charge is 0.339 e. The molecule has 3 N–H and O–H groups in total. The van der Waals surface area contributed by atoms with Gasteiger partial charge in [0.2, 0.25) is 5.91 Å². The van der Waals surface area contributed by atoms with Gasteiger partial charge in [-0.2, -0.15) is 0 Å². The lowest BCUT2D eigenvalue weighted by atomic mass is 10.2. The average molecular weight is 466 g/mol. The molecule has 0 saturated carbocycles. The van der Waals surface area contributed by atoms with E-state index < -0.39 is 5.97 Å². The lowest BCUT2D eigenvalue weighted by molar-refractivity contribution is -0.115. The molecule has 1 atom stereocenters. The molecule has 0 aliphatic heterocycles. The van der Waals surface area contributed by atoms with Gasteiger partial charge in [-0.1, -0.05) is 30.3 Å². The van der Waals surface area contributed by atoms with Crippen LogP contribution in [0.4, 0.5) is 17.1 Å². The van der Waals surface area contributed by atoms with Gasteiger partial charge in [-0.15, -0.1) is 11.8 Å². The van der Waals surface area contributed by atoms with Gasteiger partial charge in [0, 0.05) is 16.3 Å². The van der Waals surface area contributed by atoms with Gasteiger partial charge in [0.05, 0.1) is 23.6 Å². The van der Waals surface area contributed by atoms with Crippen LogP contribution >= 0.6 is 24.0 Å². The summed E-state index contributed by atoms with van der Waals surface area (Å²) in [6, 6.07) is 24.1. The minimum absolute atomic E-state index is 0.207. The number of carbonyl (C=O) groups excluding carboxylic acids is 2. The van der Waals surface area contributed by atoms with Crippen molar-refractivity contribution in [2.75, 3.05) is 23.1 Å². The third-order valence-corrected chi connectivity index (χ3v) is 5.73. The molecule has 0 bridgehead atoms. The molecule has 1 amide bonds. The Morgan fingerprint density at radius 2 is 1.44 bits per heavy atom. The number of methoxy groups -OCH3 is 1. The molecule has 164 valence electrons. The summed E-state index contributed by atoms with van der Waals surface area (Å²) in [4.78, 5) is 25.5. The van der Waals surface area contributed by atoms with Crippen molar-refractivity contribution in [1.29, 1.82) is 0 Å². The van der Waals surface area contributed by atoms with E-state index in [4.69, 9.17) is 17.0 Å². The van der Waals surface area contributed by atoms with Gasteiger partial charge < -0.3 is 20.7 Å². The number of benzene rings is 3. The van der Waals surface area contributed by atoms with E-state index in [0.717, 1.165) is 16.3 Å². The topological polar surface area (TPSA) is 79.5 Å². The summed E-state index contributed by atoms with van der Waals surface area (Å²) in [5, 5.41) is 9.19. The lowest BCUT2D eigenvalue weighted by Crippen LogP contribution is -2.23. The van der Waals surface area contributed by atoms with Gasteiger partial charge in [-0.3, -0.25) is 4.79 Å². The van der Waals surface area contributed by atoms with Gasteiger partial charge in [0.1, 0.15) is 0 Å². The highest BCUT2D eigenvalue weighted by Gasteiger charge is 2.18. The van der Waals surface area contributed by atoms with Crippen LogP contribution in [0.25, 0.3) is 0 Å². The van der Waals surface area contributed by atoms with Crippen LogP contribution in [0.5, 0.6) is 0 Å². The maximum Gasteiger partial charge on any atom is 0.339 e. The summed E-state index contributed by atoms with van der Waals surface area (Å²) in [6.45, 7) is 1.81. The van der Waals surface area contributed by atoms with Gasteiger partial charge >= 0.3 is 5.97 Å². The Bertz CT molecular complexity index is 1090. The number of thioether (sulfide) groups is 1. The number of rotatable bonds is 7. The van der Waals surface area contributed by atoms with Crippen LogP contribution in [-0.2, 0) is 9.53 Å². The Labute approximate surface area is 196 Å². The van der Waals surface area contributed by atoms with Crippen LogP contribution in [0.2, 0.25) is 0 Å². The van der Waals surface area contributed by atoms with Crippen molar-refractivity contribution in [2.45, 2.75) is 17.1 Å². The second-order valence-electron chi connectivity index (χ2n) is 6.76. The Morgan fingerprint density at radius 1 is 0.844 bits per heavy atom. The van der Waals surface area contributed by atoms with Crippen LogP contribution in [-0.4, -0.2) is 29.3 Å². The van der Waals surface area contributed by atoms with Crippen molar-refractivity contribution >= 4 is 58.0 Å². The van der Waals surface area contributed by atoms with Crippen molar-refractivity contribution < 1.29 is 14.3 Å². The standard InChI is InChI=1S/C24H23N3O3S2/c1-16(22(28)27-21-11-7-6-10-20(21)23(29)30-2)32-19-14-12-18(13-15-19)26-24(31)25-17-8-4-3-5-9-17/h3-16H,1-2H3,(H,27,28)(H2,25,26,31). The quantitative estimate of drug-likeness (QED) is 0.245. The Balaban J connectivity index is 1.55. The Kier molecular flexibility index (Phi) is 8.24. The molecular formula is C24H23N3O3S2. The first-order valence-electron chi connectivity index (χ1n) is 9.84. The molecule has 0 aliphatic rings. The maximum absolute atomic E-state index is 12.6. The normalized spacial score (nSPS) is 11.2. The highest BCUT2D eigenvalue weighted by Crippen LogP contribution is 2.26.